The van der Waals surface area contributed by atoms with Crippen LogP contribution in [0.5, 0.6) is 0 Å². The molecular formula is C6H12NS. The molecule has 2 heteroatoms. The number of hydrogen-bond donors (Lipinski definition) is 1. The highest BCUT2D eigenvalue weighted by Gasteiger charge is 1.95. The second kappa shape index (κ2) is 4.21. The van der Waals surface area contributed by atoms with Gasteiger partial charge in [0.2, 0.25) is 0 Å². The van der Waals surface area contributed by atoms with Crippen molar-refractivity contribution in [3.8, 4) is 0 Å². The maximum atomic E-state index is 3.25. The Morgan fingerprint density at radius 3 is 3.38 bits per heavy atom. The van der Waals surface area contributed by atoms with E-state index in [1.165, 1.54) is 25.0 Å². The lowest BCUT2D eigenvalue weighted by atomic mass is 10.2. The Hall–Kier alpha value is 0.310. The van der Waals surface area contributed by atoms with Crippen molar-refractivity contribution in [2.24, 2.45) is 0 Å². The van der Waals surface area contributed by atoms with E-state index in [0.29, 0.717) is 0 Å². The van der Waals surface area contributed by atoms with Crippen LogP contribution in [0.1, 0.15) is 19.3 Å². The molecule has 0 spiro atoms. The van der Waals surface area contributed by atoms with Crippen molar-refractivity contribution in [1.29, 1.82) is 0 Å². The highest BCUT2D eigenvalue weighted by Crippen LogP contribution is 2.07. The van der Waals surface area contributed by atoms with Crippen LogP contribution >= 0.6 is 11.9 Å². The first kappa shape index (κ1) is 6.43. The fourth-order valence-electron chi connectivity index (χ4n) is 0.755. The summed E-state index contributed by atoms with van der Waals surface area (Å²) in [6.07, 6.45) is 6.36. The van der Waals surface area contributed by atoms with Crippen molar-refractivity contribution in [3.63, 3.8) is 0 Å². The van der Waals surface area contributed by atoms with E-state index in [1.54, 1.807) is 0 Å². The predicted molar refractivity (Wildman–Crippen MR) is 38.6 cm³/mol. The van der Waals surface area contributed by atoms with Gasteiger partial charge >= 0.3 is 0 Å². The molecule has 1 fully saturated rings. The lowest BCUT2D eigenvalue weighted by Gasteiger charge is -2.07. The molecular weight excluding hydrogens is 118 g/mol. The van der Waals surface area contributed by atoms with Gasteiger partial charge in [-0.1, -0.05) is 18.4 Å². The van der Waals surface area contributed by atoms with Crippen LogP contribution in [0.3, 0.4) is 0 Å². The SMILES string of the molecule is [CH]1CCCCSNC1. The summed E-state index contributed by atoms with van der Waals surface area (Å²) in [6.45, 7) is 1.09. The Labute approximate surface area is 55.4 Å². The third-order valence-corrected chi connectivity index (χ3v) is 2.10. The van der Waals surface area contributed by atoms with Gasteiger partial charge in [-0.3, -0.25) is 4.72 Å². The van der Waals surface area contributed by atoms with Crippen LogP contribution in [0.2, 0.25) is 0 Å². The standard InChI is InChI=1S/C6H12NS/c1-2-4-6-8-7-5-3-1/h3,7H,1-2,4-6H2. The quantitative estimate of drug-likeness (QED) is 0.500. The second-order valence-electron chi connectivity index (χ2n) is 1.98. The fourth-order valence-corrected chi connectivity index (χ4v) is 1.48. The summed E-state index contributed by atoms with van der Waals surface area (Å²) in [5, 5.41) is 0. The Morgan fingerprint density at radius 2 is 2.38 bits per heavy atom. The summed E-state index contributed by atoms with van der Waals surface area (Å²) in [7, 11) is 0. The van der Waals surface area contributed by atoms with Gasteiger partial charge in [0.1, 0.15) is 0 Å². The minimum absolute atomic E-state index is 1.09. The van der Waals surface area contributed by atoms with E-state index < -0.39 is 0 Å². The summed E-state index contributed by atoms with van der Waals surface area (Å²) in [6, 6.07) is 0. The summed E-state index contributed by atoms with van der Waals surface area (Å²) in [5.74, 6) is 1.29. The van der Waals surface area contributed by atoms with Crippen molar-refractivity contribution in [1.82, 2.24) is 4.72 Å². The minimum Gasteiger partial charge on any atom is -0.264 e. The van der Waals surface area contributed by atoms with E-state index in [9.17, 15) is 0 Å². The Kier molecular flexibility index (Phi) is 3.39. The number of hydrogen-bond acceptors (Lipinski definition) is 2. The molecule has 8 heavy (non-hydrogen) atoms. The second-order valence-corrected chi connectivity index (χ2v) is 2.97. The molecule has 0 aromatic carbocycles. The molecule has 47 valence electrons. The summed E-state index contributed by atoms with van der Waals surface area (Å²) in [5.41, 5.74) is 0. The molecule has 1 aliphatic rings. The van der Waals surface area contributed by atoms with E-state index in [2.05, 4.69) is 11.1 Å². The largest absolute Gasteiger partial charge is 0.264 e. The zero-order chi connectivity index (χ0) is 5.66. The summed E-state index contributed by atoms with van der Waals surface area (Å²) in [4.78, 5) is 0. The van der Waals surface area contributed by atoms with Gasteiger partial charge in [0, 0.05) is 12.3 Å². The van der Waals surface area contributed by atoms with Crippen LogP contribution in [-0.2, 0) is 0 Å². The van der Waals surface area contributed by atoms with E-state index in [1.807, 2.05) is 11.9 Å². The van der Waals surface area contributed by atoms with Crippen molar-refractivity contribution in [3.05, 3.63) is 6.42 Å². The molecule has 0 bridgehead atoms. The first-order chi connectivity index (χ1) is 4.00. The molecule has 1 saturated heterocycles. The lowest BCUT2D eigenvalue weighted by Crippen LogP contribution is -2.09. The van der Waals surface area contributed by atoms with Crippen LogP contribution in [-0.4, -0.2) is 12.3 Å². The van der Waals surface area contributed by atoms with Crippen LogP contribution in [0.25, 0.3) is 0 Å². The molecule has 1 heterocycles. The highest BCUT2D eigenvalue weighted by molar-refractivity contribution is 7.97. The van der Waals surface area contributed by atoms with Gasteiger partial charge in [0.05, 0.1) is 0 Å². The van der Waals surface area contributed by atoms with Gasteiger partial charge in [0.25, 0.3) is 0 Å². The van der Waals surface area contributed by atoms with Gasteiger partial charge in [-0.05, 0) is 19.3 Å². The average molecular weight is 130 g/mol. The normalized spacial score (nSPS) is 24.0. The Bertz CT molecular complexity index is 32.5. The predicted octanol–water partition coefficient (Wildman–Crippen LogP) is 1.61. The monoisotopic (exact) mass is 130 g/mol. The zero-order valence-corrected chi connectivity index (χ0v) is 5.84. The number of rotatable bonds is 0. The highest BCUT2D eigenvalue weighted by atomic mass is 32.2. The summed E-state index contributed by atoms with van der Waals surface area (Å²) >= 11 is 1.85. The molecule has 1 aliphatic heterocycles. The van der Waals surface area contributed by atoms with Gasteiger partial charge in [-0.2, -0.15) is 0 Å². The maximum absolute atomic E-state index is 3.25. The molecule has 0 aromatic heterocycles. The summed E-state index contributed by atoms with van der Waals surface area (Å²) < 4.78 is 3.25. The lowest BCUT2D eigenvalue weighted by molar-refractivity contribution is 0.754. The van der Waals surface area contributed by atoms with E-state index in [0.717, 1.165) is 6.54 Å². The van der Waals surface area contributed by atoms with Crippen molar-refractivity contribution >= 4 is 11.9 Å². The molecule has 1 N–H and O–H groups in total. The number of nitrogens with one attached hydrogen (secondary N) is 1. The van der Waals surface area contributed by atoms with Crippen LogP contribution in [0.4, 0.5) is 0 Å². The van der Waals surface area contributed by atoms with Crippen molar-refractivity contribution in [2.45, 2.75) is 19.3 Å². The molecule has 0 amide bonds. The van der Waals surface area contributed by atoms with E-state index >= 15 is 0 Å². The van der Waals surface area contributed by atoms with Crippen LogP contribution < -0.4 is 4.72 Å². The van der Waals surface area contributed by atoms with E-state index in [4.69, 9.17) is 0 Å². The molecule has 0 aliphatic carbocycles. The first-order valence-electron chi connectivity index (χ1n) is 3.16. The maximum Gasteiger partial charge on any atom is 0.00900 e. The molecule has 1 rings (SSSR count). The van der Waals surface area contributed by atoms with Gasteiger partial charge in [-0.25, -0.2) is 0 Å². The zero-order valence-electron chi connectivity index (χ0n) is 5.02. The fraction of sp³-hybridized carbons (Fsp3) is 0.833. The molecule has 1 nitrogen and oxygen atoms in total. The van der Waals surface area contributed by atoms with Gasteiger partial charge in [-0.15, -0.1) is 0 Å². The van der Waals surface area contributed by atoms with Gasteiger partial charge < -0.3 is 0 Å². The topological polar surface area (TPSA) is 12.0 Å². The molecule has 0 saturated carbocycles. The molecule has 0 aromatic rings. The van der Waals surface area contributed by atoms with Crippen molar-refractivity contribution in [2.75, 3.05) is 12.3 Å². The Balaban J connectivity index is 2.00. The Morgan fingerprint density at radius 1 is 1.38 bits per heavy atom. The van der Waals surface area contributed by atoms with Crippen LogP contribution in [0, 0.1) is 6.42 Å². The third kappa shape index (κ3) is 2.58. The van der Waals surface area contributed by atoms with Crippen LogP contribution in [0.15, 0.2) is 0 Å². The molecule has 0 atom stereocenters. The van der Waals surface area contributed by atoms with Crippen molar-refractivity contribution < 1.29 is 0 Å². The van der Waals surface area contributed by atoms with E-state index in [-0.39, 0.29) is 0 Å². The molecule has 0 unspecified atom stereocenters. The third-order valence-electron chi connectivity index (χ3n) is 1.23. The smallest absolute Gasteiger partial charge is 0.00900 e. The first-order valence-corrected chi connectivity index (χ1v) is 4.15. The van der Waals surface area contributed by atoms with Gasteiger partial charge in [0.15, 0.2) is 0 Å². The molecule has 1 radical (unpaired) electrons. The average Bonchev–Trinajstić information content (AvgIpc) is 1.62. The minimum atomic E-state index is 1.09.